The maximum Gasteiger partial charge on any atom is 0.238 e. The first kappa shape index (κ1) is 16.7. The zero-order valence-electron chi connectivity index (χ0n) is 12.5. The Balaban J connectivity index is 1.64. The zero-order chi connectivity index (χ0) is 17.3. The van der Waals surface area contributed by atoms with Crippen LogP contribution in [0.25, 0.3) is 0 Å². The number of benzene rings is 2. The second-order valence-electron chi connectivity index (χ2n) is 5.55. The Morgan fingerprint density at radius 1 is 1.17 bits per heavy atom. The van der Waals surface area contributed by atoms with Crippen molar-refractivity contribution >= 4 is 15.7 Å². The van der Waals surface area contributed by atoms with E-state index in [1.165, 1.54) is 24.3 Å². The van der Waals surface area contributed by atoms with Crippen LogP contribution in [0.1, 0.15) is 18.0 Å². The lowest BCUT2D eigenvalue weighted by Gasteiger charge is -2.14. The van der Waals surface area contributed by atoms with Crippen molar-refractivity contribution in [1.29, 1.82) is 0 Å². The fraction of sp³-hybridized carbons (Fsp3) is 0.200. The number of phenolic OH excluding ortho intramolecular Hbond substituents is 1. The van der Waals surface area contributed by atoms with Crippen LogP contribution in [0.15, 0.2) is 47.4 Å². The van der Waals surface area contributed by atoms with Crippen molar-refractivity contribution in [2.75, 3.05) is 5.32 Å². The van der Waals surface area contributed by atoms with Crippen LogP contribution in [0.5, 0.6) is 5.75 Å². The number of nitrogens with one attached hydrogen (secondary N) is 3. The van der Waals surface area contributed by atoms with Crippen LogP contribution in [0.4, 0.5) is 10.1 Å². The van der Waals surface area contributed by atoms with Gasteiger partial charge in [0.15, 0.2) is 11.6 Å². The zero-order valence-corrected chi connectivity index (χ0v) is 13.3. The second kappa shape index (κ2) is 6.36. The first-order valence-corrected chi connectivity index (χ1v) is 8.76. The third-order valence-corrected chi connectivity index (χ3v) is 4.73. The van der Waals surface area contributed by atoms with E-state index in [2.05, 4.69) is 16.2 Å². The number of sulfonamides is 1. The molecule has 24 heavy (non-hydrogen) atoms. The lowest BCUT2D eigenvalue weighted by molar-refractivity contribution is 0.430. The van der Waals surface area contributed by atoms with E-state index < -0.39 is 15.8 Å². The average molecular weight is 352 g/mol. The molecule has 0 amide bonds. The van der Waals surface area contributed by atoms with Gasteiger partial charge in [0, 0.05) is 18.2 Å². The van der Waals surface area contributed by atoms with E-state index in [1.54, 1.807) is 18.2 Å². The van der Waals surface area contributed by atoms with Crippen molar-refractivity contribution in [3.8, 4) is 5.75 Å². The van der Waals surface area contributed by atoms with Gasteiger partial charge in [-0.3, -0.25) is 0 Å². The molecule has 9 heteroatoms. The molecule has 0 spiro atoms. The maximum atomic E-state index is 13.4. The van der Waals surface area contributed by atoms with Crippen molar-refractivity contribution in [2.45, 2.75) is 23.5 Å². The molecule has 1 saturated heterocycles. The molecular weight excluding hydrogens is 335 g/mol. The number of phenols is 1. The molecular formula is C15H17FN4O3S. The summed E-state index contributed by atoms with van der Waals surface area (Å²) in [4.78, 5) is 0.0444. The quantitative estimate of drug-likeness (QED) is 0.564. The molecule has 0 aliphatic carbocycles. The monoisotopic (exact) mass is 352 g/mol. The molecule has 0 radical (unpaired) electrons. The minimum atomic E-state index is -3.71. The first-order valence-electron chi connectivity index (χ1n) is 7.22. The van der Waals surface area contributed by atoms with Crippen LogP contribution in [0.3, 0.4) is 0 Å². The number of rotatable bonds is 4. The maximum absolute atomic E-state index is 13.4. The third kappa shape index (κ3) is 3.65. The minimum absolute atomic E-state index is 0.0444. The van der Waals surface area contributed by atoms with Gasteiger partial charge in [0.05, 0.1) is 11.1 Å². The van der Waals surface area contributed by atoms with Crippen LogP contribution < -0.4 is 21.3 Å². The topological polar surface area (TPSA) is 116 Å². The lowest BCUT2D eigenvalue weighted by Crippen LogP contribution is -2.35. The van der Waals surface area contributed by atoms with Crippen molar-refractivity contribution in [2.24, 2.45) is 5.14 Å². The highest BCUT2D eigenvalue weighted by Crippen LogP contribution is 2.26. The Labute approximate surface area is 138 Å². The molecule has 1 heterocycles. The average Bonchev–Trinajstić information content (AvgIpc) is 2.98. The molecule has 2 atom stereocenters. The van der Waals surface area contributed by atoms with Gasteiger partial charge in [-0.15, -0.1) is 0 Å². The number of halogens is 1. The molecule has 3 rings (SSSR count). The number of nitrogens with two attached hydrogens (primary N) is 1. The van der Waals surface area contributed by atoms with Crippen LogP contribution in [-0.4, -0.2) is 19.7 Å². The Kier molecular flexibility index (Phi) is 4.41. The van der Waals surface area contributed by atoms with Gasteiger partial charge in [-0.2, -0.15) is 0 Å². The predicted molar refractivity (Wildman–Crippen MR) is 86.9 cm³/mol. The highest BCUT2D eigenvalue weighted by Gasteiger charge is 2.25. The minimum Gasteiger partial charge on any atom is -0.505 e. The third-order valence-electron chi connectivity index (χ3n) is 3.80. The standard InChI is InChI=1S/C15H17FN4O3S/c16-12-7-9(1-6-14(12)21)13-8-15(20-19-13)18-10-2-4-11(5-3-10)24(17,22)23/h1-7,13,15,18-21H,8H2,(H2,17,22,23). The van der Waals surface area contributed by atoms with Crippen LogP contribution in [-0.2, 0) is 10.0 Å². The molecule has 0 saturated carbocycles. The molecule has 1 fully saturated rings. The SMILES string of the molecule is NS(=O)(=O)c1ccc(NC2CC(c3ccc(O)c(F)c3)NN2)cc1. The predicted octanol–water partition coefficient (Wildman–Crippen LogP) is 1.16. The molecule has 2 aromatic rings. The number of hydrogen-bond donors (Lipinski definition) is 5. The normalized spacial score (nSPS) is 20.9. The van der Waals surface area contributed by atoms with Gasteiger partial charge in [-0.25, -0.2) is 28.8 Å². The van der Waals surface area contributed by atoms with Gasteiger partial charge in [0.1, 0.15) is 0 Å². The first-order chi connectivity index (χ1) is 11.3. The van der Waals surface area contributed by atoms with Gasteiger partial charge in [0.25, 0.3) is 0 Å². The van der Waals surface area contributed by atoms with Gasteiger partial charge in [0.2, 0.25) is 10.0 Å². The number of anilines is 1. The molecule has 2 aromatic carbocycles. The number of aromatic hydroxyl groups is 1. The fourth-order valence-corrected chi connectivity index (χ4v) is 3.07. The van der Waals surface area contributed by atoms with E-state index >= 15 is 0 Å². The van der Waals surface area contributed by atoms with E-state index in [9.17, 15) is 17.9 Å². The summed E-state index contributed by atoms with van der Waals surface area (Å²) < 4.78 is 35.9. The highest BCUT2D eigenvalue weighted by molar-refractivity contribution is 7.89. The van der Waals surface area contributed by atoms with Crippen LogP contribution in [0.2, 0.25) is 0 Å². The lowest BCUT2D eigenvalue weighted by atomic mass is 10.0. The van der Waals surface area contributed by atoms with Crippen molar-refractivity contribution in [3.05, 3.63) is 53.8 Å². The van der Waals surface area contributed by atoms with Crippen LogP contribution in [0, 0.1) is 5.82 Å². The van der Waals surface area contributed by atoms with Gasteiger partial charge >= 0.3 is 0 Å². The molecule has 7 nitrogen and oxygen atoms in total. The van der Waals surface area contributed by atoms with Crippen molar-refractivity contribution in [1.82, 2.24) is 10.9 Å². The Morgan fingerprint density at radius 2 is 1.88 bits per heavy atom. The summed E-state index contributed by atoms with van der Waals surface area (Å²) in [5, 5.41) is 17.5. The van der Waals surface area contributed by atoms with Gasteiger partial charge in [-0.05, 0) is 42.0 Å². The molecule has 1 aliphatic heterocycles. The molecule has 0 aromatic heterocycles. The molecule has 1 aliphatic rings. The molecule has 0 bridgehead atoms. The van der Waals surface area contributed by atoms with E-state index in [0.717, 1.165) is 5.69 Å². The fourth-order valence-electron chi connectivity index (χ4n) is 2.55. The molecule has 2 unspecified atom stereocenters. The highest BCUT2D eigenvalue weighted by atomic mass is 32.2. The largest absolute Gasteiger partial charge is 0.505 e. The Bertz CT molecular complexity index is 842. The summed E-state index contributed by atoms with van der Waals surface area (Å²) in [6, 6.07) is 10.2. The molecule has 6 N–H and O–H groups in total. The summed E-state index contributed by atoms with van der Waals surface area (Å²) >= 11 is 0. The number of primary sulfonamides is 1. The Morgan fingerprint density at radius 3 is 2.50 bits per heavy atom. The summed E-state index contributed by atoms with van der Waals surface area (Å²) in [7, 11) is -3.71. The van der Waals surface area contributed by atoms with Gasteiger partial charge in [-0.1, -0.05) is 6.07 Å². The molecule has 128 valence electrons. The van der Waals surface area contributed by atoms with E-state index in [1.807, 2.05) is 0 Å². The smallest absolute Gasteiger partial charge is 0.238 e. The van der Waals surface area contributed by atoms with Crippen molar-refractivity contribution < 1.29 is 17.9 Å². The van der Waals surface area contributed by atoms with Crippen molar-refractivity contribution in [3.63, 3.8) is 0 Å². The summed E-state index contributed by atoms with van der Waals surface area (Å²) in [6.45, 7) is 0. The van der Waals surface area contributed by atoms with E-state index in [4.69, 9.17) is 5.14 Å². The number of hydrazine groups is 1. The Hall–Kier alpha value is -2.20. The summed E-state index contributed by atoms with van der Waals surface area (Å²) in [5.74, 6) is -1.04. The summed E-state index contributed by atoms with van der Waals surface area (Å²) in [5.41, 5.74) is 7.53. The summed E-state index contributed by atoms with van der Waals surface area (Å²) in [6.07, 6.45) is 0.494. The van der Waals surface area contributed by atoms with Gasteiger partial charge < -0.3 is 10.4 Å². The van der Waals surface area contributed by atoms with E-state index in [0.29, 0.717) is 12.0 Å². The number of hydrogen-bond acceptors (Lipinski definition) is 6. The van der Waals surface area contributed by atoms with E-state index in [-0.39, 0.29) is 22.9 Å². The second-order valence-corrected chi connectivity index (χ2v) is 7.12. The van der Waals surface area contributed by atoms with Crippen LogP contribution >= 0.6 is 0 Å².